The molecule has 1 aliphatic carbocycles. The zero-order valence-corrected chi connectivity index (χ0v) is 15.8. The molecule has 2 aromatic heterocycles. The van der Waals surface area contributed by atoms with Crippen LogP contribution in [0, 0.1) is 11.3 Å². The number of hydrogen-bond donors (Lipinski definition) is 1. The van der Waals surface area contributed by atoms with Crippen molar-refractivity contribution in [1.82, 2.24) is 19.9 Å². The number of nitrogens with one attached hydrogen (secondary N) is 1. The van der Waals surface area contributed by atoms with Gasteiger partial charge in [-0.2, -0.15) is 5.26 Å². The monoisotopic (exact) mass is 375 g/mol. The molecular weight excluding hydrogens is 354 g/mol. The molecule has 0 spiro atoms. The number of carbonyl (C=O) groups excluding carboxylic acids is 1. The van der Waals surface area contributed by atoms with Crippen molar-refractivity contribution in [3.05, 3.63) is 59.3 Å². The van der Waals surface area contributed by atoms with E-state index in [1.807, 2.05) is 38.1 Å². The Bertz CT molecular complexity index is 1070. The van der Waals surface area contributed by atoms with Gasteiger partial charge in [0.1, 0.15) is 6.33 Å². The first-order valence-electron chi connectivity index (χ1n) is 9.31. The van der Waals surface area contributed by atoms with Gasteiger partial charge in [0.05, 0.1) is 30.0 Å². The van der Waals surface area contributed by atoms with Crippen LogP contribution in [0.25, 0.3) is 10.9 Å². The lowest BCUT2D eigenvalue weighted by Crippen LogP contribution is -2.37. The van der Waals surface area contributed by atoms with Gasteiger partial charge in [0.2, 0.25) is 0 Å². The first-order chi connectivity index (χ1) is 13.5. The average Bonchev–Trinajstić information content (AvgIpc) is 3.19. The van der Waals surface area contributed by atoms with Gasteiger partial charge in [-0.15, -0.1) is 0 Å². The first kappa shape index (κ1) is 18.0. The van der Waals surface area contributed by atoms with Gasteiger partial charge in [0.15, 0.2) is 0 Å². The molecule has 7 nitrogen and oxygen atoms in total. The number of carbonyl (C=O) groups is 1. The number of alkyl carbamates (subject to hydrolysis) is 1. The van der Waals surface area contributed by atoms with E-state index < -0.39 is 6.09 Å². The van der Waals surface area contributed by atoms with Crippen molar-refractivity contribution >= 4 is 17.0 Å². The highest BCUT2D eigenvalue weighted by atomic mass is 16.6. The van der Waals surface area contributed by atoms with E-state index in [0.717, 1.165) is 16.6 Å². The summed E-state index contributed by atoms with van der Waals surface area (Å²) in [6, 6.07) is 9.84. The van der Waals surface area contributed by atoms with Crippen molar-refractivity contribution in [2.24, 2.45) is 0 Å². The lowest BCUT2D eigenvalue weighted by Gasteiger charge is -2.16. The van der Waals surface area contributed by atoms with Gasteiger partial charge in [0.25, 0.3) is 0 Å². The van der Waals surface area contributed by atoms with Crippen molar-refractivity contribution in [2.45, 2.75) is 45.4 Å². The Morgan fingerprint density at radius 2 is 2.25 bits per heavy atom. The molecule has 1 atom stereocenters. The number of amides is 1. The molecule has 7 heteroatoms. The molecular formula is C21H21N5O2. The number of nitriles is 1. The van der Waals surface area contributed by atoms with Crippen LogP contribution >= 0.6 is 0 Å². The molecule has 28 heavy (non-hydrogen) atoms. The second-order valence-electron chi connectivity index (χ2n) is 7.26. The summed E-state index contributed by atoms with van der Waals surface area (Å²) < 4.78 is 7.45. The summed E-state index contributed by atoms with van der Waals surface area (Å²) in [6.07, 6.45) is 4.15. The Kier molecular flexibility index (Phi) is 4.70. The predicted molar refractivity (Wildman–Crippen MR) is 104 cm³/mol. The summed E-state index contributed by atoms with van der Waals surface area (Å²) >= 11 is 0. The van der Waals surface area contributed by atoms with Crippen LogP contribution in [-0.2, 0) is 24.1 Å². The van der Waals surface area contributed by atoms with Crippen LogP contribution in [0.4, 0.5) is 4.79 Å². The standard InChI is InChI=1S/C21H21N5O2/c1-13(2)28-21(27)25-16-8-18-17-7-14(10-22)3-4-19(17)26(20(18)9-16)11-15-5-6-23-12-24-15/h3-7,12-13,16H,8-9,11H2,1-2H3,(H,25,27). The molecule has 4 rings (SSSR count). The average molecular weight is 375 g/mol. The van der Waals surface area contributed by atoms with E-state index in [9.17, 15) is 10.1 Å². The molecule has 0 radical (unpaired) electrons. The summed E-state index contributed by atoms with van der Waals surface area (Å²) in [6.45, 7) is 4.27. The van der Waals surface area contributed by atoms with Gasteiger partial charge in [-0.05, 0) is 50.1 Å². The molecule has 1 N–H and O–H groups in total. The number of nitrogens with zero attached hydrogens (tertiary/aromatic N) is 4. The maximum absolute atomic E-state index is 12.0. The van der Waals surface area contributed by atoms with Gasteiger partial charge in [-0.1, -0.05) is 0 Å². The van der Waals surface area contributed by atoms with Crippen molar-refractivity contribution in [3.63, 3.8) is 0 Å². The van der Waals surface area contributed by atoms with Crippen molar-refractivity contribution < 1.29 is 9.53 Å². The van der Waals surface area contributed by atoms with Crippen LogP contribution in [-0.4, -0.2) is 32.8 Å². The summed E-state index contributed by atoms with van der Waals surface area (Å²) in [4.78, 5) is 20.4. The highest BCUT2D eigenvalue weighted by Crippen LogP contribution is 2.34. The van der Waals surface area contributed by atoms with Gasteiger partial charge in [0, 0.05) is 35.3 Å². The summed E-state index contributed by atoms with van der Waals surface area (Å²) in [5, 5.41) is 13.3. The van der Waals surface area contributed by atoms with Gasteiger partial charge in [-0.3, -0.25) is 0 Å². The van der Waals surface area contributed by atoms with Crippen molar-refractivity contribution in [3.8, 4) is 6.07 Å². The van der Waals surface area contributed by atoms with Crippen LogP contribution in [0.3, 0.4) is 0 Å². The molecule has 0 saturated carbocycles. The lowest BCUT2D eigenvalue weighted by atomic mass is 10.1. The minimum absolute atomic E-state index is 0.0250. The molecule has 0 aliphatic heterocycles. The fourth-order valence-corrected chi connectivity index (χ4v) is 3.83. The SMILES string of the molecule is CC(C)OC(=O)NC1Cc2c(n(Cc3ccncn3)c3ccc(C#N)cc23)C1. The van der Waals surface area contributed by atoms with E-state index in [4.69, 9.17) is 4.74 Å². The van der Waals surface area contributed by atoms with Crippen molar-refractivity contribution in [2.75, 3.05) is 0 Å². The summed E-state index contributed by atoms with van der Waals surface area (Å²) in [5.41, 5.74) is 4.96. The van der Waals surface area contributed by atoms with Gasteiger partial charge < -0.3 is 14.6 Å². The molecule has 1 amide bonds. The predicted octanol–water partition coefficient (Wildman–Crippen LogP) is 2.95. The quantitative estimate of drug-likeness (QED) is 0.757. The molecule has 2 heterocycles. The van der Waals surface area contributed by atoms with E-state index in [1.54, 1.807) is 12.5 Å². The fraction of sp³-hybridized carbons (Fsp3) is 0.333. The molecule has 3 aromatic rings. The van der Waals surface area contributed by atoms with Crippen LogP contribution in [0.15, 0.2) is 36.8 Å². The van der Waals surface area contributed by atoms with Crippen LogP contribution in [0.1, 0.15) is 36.4 Å². The highest BCUT2D eigenvalue weighted by molar-refractivity contribution is 5.88. The minimum atomic E-state index is -0.394. The number of ether oxygens (including phenoxy) is 1. The van der Waals surface area contributed by atoms with Crippen molar-refractivity contribution in [1.29, 1.82) is 5.26 Å². The molecule has 142 valence electrons. The zero-order chi connectivity index (χ0) is 19.7. The third kappa shape index (κ3) is 3.41. The third-order valence-electron chi connectivity index (χ3n) is 4.93. The number of rotatable bonds is 4. The Labute approximate surface area is 163 Å². The molecule has 0 fully saturated rings. The molecule has 1 unspecified atom stereocenters. The van der Waals surface area contributed by atoms with Gasteiger partial charge >= 0.3 is 6.09 Å². The Morgan fingerprint density at radius 3 is 2.96 bits per heavy atom. The highest BCUT2D eigenvalue weighted by Gasteiger charge is 2.30. The fourth-order valence-electron chi connectivity index (χ4n) is 3.83. The smallest absolute Gasteiger partial charge is 0.407 e. The second kappa shape index (κ2) is 7.31. The maximum Gasteiger partial charge on any atom is 0.407 e. The van der Waals surface area contributed by atoms with Crippen LogP contribution in [0.2, 0.25) is 0 Å². The van der Waals surface area contributed by atoms with E-state index in [-0.39, 0.29) is 12.1 Å². The largest absolute Gasteiger partial charge is 0.447 e. The van der Waals surface area contributed by atoms with E-state index in [1.165, 1.54) is 11.3 Å². The topological polar surface area (TPSA) is 92.8 Å². The maximum atomic E-state index is 12.0. The van der Waals surface area contributed by atoms with Gasteiger partial charge in [-0.25, -0.2) is 14.8 Å². The Balaban J connectivity index is 1.69. The minimum Gasteiger partial charge on any atom is -0.447 e. The molecule has 0 bridgehead atoms. The molecule has 1 aliphatic rings. The summed E-state index contributed by atoms with van der Waals surface area (Å²) in [5.74, 6) is 0. The van der Waals surface area contributed by atoms with E-state index >= 15 is 0 Å². The zero-order valence-electron chi connectivity index (χ0n) is 15.8. The Morgan fingerprint density at radius 1 is 1.39 bits per heavy atom. The normalized spacial score (nSPS) is 15.4. The number of benzene rings is 1. The van der Waals surface area contributed by atoms with E-state index in [0.29, 0.717) is 24.9 Å². The van der Waals surface area contributed by atoms with Crippen LogP contribution < -0.4 is 5.32 Å². The number of fused-ring (bicyclic) bond motifs is 3. The molecule has 0 saturated heterocycles. The summed E-state index contributed by atoms with van der Waals surface area (Å²) in [7, 11) is 0. The Hall–Kier alpha value is -3.40. The van der Waals surface area contributed by atoms with E-state index in [2.05, 4.69) is 25.9 Å². The number of aromatic nitrogens is 3. The first-order valence-corrected chi connectivity index (χ1v) is 9.31. The third-order valence-corrected chi connectivity index (χ3v) is 4.93. The lowest BCUT2D eigenvalue weighted by molar-refractivity contribution is 0.112. The van der Waals surface area contributed by atoms with Crippen LogP contribution in [0.5, 0.6) is 0 Å². The number of hydrogen-bond acceptors (Lipinski definition) is 5. The second-order valence-corrected chi connectivity index (χ2v) is 7.26. The molecule has 1 aromatic carbocycles.